The number of aliphatic hydroxyl groups excluding tert-OH is 3. The van der Waals surface area contributed by atoms with Crippen molar-refractivity contribution < 1.29 is 25.2 Å². The summed E-state index contributed by atoms with van der Waals surface area (Å²) in [4.78, 5) is 10.4. The summed E-state index contributed by atoms with van der Waals surface area (Å²) < 4.78 is 0. The molecule has 0 unspecified atom stereocenters. The molecule has 0 radical (unpaired) electrons. The Kier molecular flexibility index (Phi) is 11.7. The molecule has 126 valence electrons. The van der Waals surface area contributed by atoms with Crippen LogP contribution in [0.5, 0.6) is 0 Å². The minimum absolute atomic E-state index is 0.674. The van der Waals surface area contributed by atoms with Crippen molar-refractivity contribution in [2.75, 3.05) is 0 Å². The van der Waals surface area contributed by atoms with E-state index in [0.717, 1.165) is 25.3 Å². The topological polar surface area (TPSA) is 98.0 Å². The number of hydrogen-bond donors (Lipinski definition) is 4. The highest BCUT2D eigenvalue weighted by atomic mass is 16.4. The van der Waals surface area contributed by atoms with Crippen molar-refractivity contribution in [2.45, 2.75) is 64.7 Å². The Labute approximate surface area is 132 Å². The van der Waals surface area contributed by atoms with Crippen LogP contribution in [0.2, 0.25) is 0 Å². The normalized spacial score (nSPS) is 13.4. The molecule has 0 aromatic rings. The van der Waals surface area contributed by atoms with Crippen molar-refractivity contribution in [3.63, 3.8) is 0 Å². The Morgan fingerprint density at radius 2 is 1.36 bits per heavy atom. The molecular formula is C17H28O5. The number of carbonyl (C=O) groups is 1. The second kappa shape index (κ2) is 12.8. The highest BCUT2D eigenvalue weighted by Gasteiger charge is 2.14. The fourth-order valence-corrected chi connectivity index (χ4v) is 1.95. The summed E-state index contributed by atoms with van der Waals surface area (Å²) in [5.41, 5.74) is 0. The van der Waals surface area contributed by atoms with Crippen molar-refractivity contribution in [2.24, 2.45) is 0 Å². The summed E-state index contributed by atoms with van der Waals surface area (Å²) in [6, 6.07) is 0. The third-order valence-corrected chi connectivity index (χ3v) is 3.28. The molecule has 0 aliphatic rings. The van der Waals surface area contributed by atoms with Gasteiger partial charge in [-0.3, -0.25) is 0 Å². The van der Waals surface area contributed by atoms with Gasteiger partial charge in [-0.25, -0.2) is 4.79 Å². The van der Waals surface area contributed by atoms with E-state index in [4.69, 9.17) is 10.2 Å². The SMILES string of the molecule is CCCCCCCCCC/C=C/C=C(O)/C(O)=C(\O)C(=O)O. The Morgan fingerprint density at radius 3 is 1.91 bits per heavy atom. The van der Waals surface area contributed by atoms with Crippen LogP contribution in [-0.2, 0) is 4.79 Å². The first kappa shape index (κ1) is 20.1. The number of unbranched alkanes of at least 4 members (excludes halogenated alkanes) is 8. The Bertz CT molecular complexity index is 407. The largest absolute Gasteiger partial charge is 0.504 e. The van der Waals surface area contributed by atoms with E-state index in [-0.39, 0.29) is 0 Å². The zero-order valence-corrected chi connectivity index (χ0v) is 13.3. The van der Waals surface area contributed by atoms with Gasteiger partial charge in [-0.15, -0.1) is 0 Å². The van der Waals surface area contributed by atoms with E-state index in [2.05, 4.69) is 6.92 Å². The van der Waals surface area contributed by atoms with Crippen molar-refractivity contribution in [3.05, 3.63) is 35.5 Å². The highest BCUT2D eigenvalue weighted by Crippen LogP contribution is 2.10. The first-order chi connectivity index (χ1) is 10.5. The zero-order chi connectivity index (χ0) is 16.8. The molecule has 0 amide bonds. The minimum Gasteiger partial charge on any atom is -0.504 e. The van der Waals surface area contributed by atoms with Crippen molar-refractivity contribution in [3.8, 4) is 0 Å². The number of aliphatic carboxylic acids is 1. The Balaban J connectivity index is 3.84. The van der Waals surface area contributed by atoms with Gasteiger partial charge in [0.15, 0.2) is 5.76 Å². The standard InChI is InChI=1S/C17H28O5/c1-2-3-4-5-6-7-8-9-10-11-12-13-14(18)15(19)16(20)17(21)22/h11-13,18-20H,2-10H2,1H3,(H,21,22)/b12-11+,14-13-,16-15+. The average Bonchev–Trinajstić information content (AvgIpc) is 2.50. The van der Waals surface area contributed by atoms with E-state index >= 15 is 0 Å². The van der Waals surface area contributed by atoms with Crippen LogP contribution in [-0.4, -0.2) is 26.4 Å². The molecular weight excluding hydrogens is 284 g/mol. The van der Waals surface area contributed by atoms with Gasteiger partial charge in [0.25, 0.3) is 0 Å². The molecule has 0 bridgehead atoms. The second-order valence-corrected chi connectivity index (χ2v) is 5.25. The minimum atomic E-state index is -1.69. The molecule has 5 nitrogen and oxygen atoms in total. The summed E-state index contributed by atoms with van der Waals surface area (Å²) in [6.45, 7) is 2.21. The van der Waals surface area contributed by atoms with Crippen LogP contribution in [0.4, 0.5) is 0 Å². The summed E-state index contributed by atoms with van der Waals surface area (Å²) in [6.07, 6.45) is 15.3. The summed E-state index contributed by atoms with van der Waals surface area (Å²) in [5.74, 6) is -4.68. The summed E-state index contributed by atoms with van der Waals surface area (Å²) in [5, 5.41) is 36.0. The molecule has 0 aromatic carbocycles. The molecule has 0 aliphatic heterocycles. The first-order valence-corrected chi connectivity index (χ1v) is 7.92. The number of allylic oxidation sites excluding steroid dienone is 3. The predicted molar refractivity (Wildman–Crippen MR) is 87.0 cm³/mol. The third kappa shape index (κ3) is 9.91. The average molecular weight is 312 g/mol. The van der Waals surface area contributed by atoms with Gasteiger partial charge in [0.1, 0.15) is 0 Å². The zero-order valence-electron chi connectivity index (χ0n) is 13.3. The van der Waals surface area contributed by atoms with Crippen LogP contribution in [0.3, 0.4) is 0 Å². The van der Waals surface area contributed by atoms with Crippen molar-refractivity contribution in [1.82, 2.24) is 0 Å². The summed E-state index contributed by atoms with van der Waals surface area (Å²) in [7, 11) is 0. The number of aliphatic hydroxyl groups is 3. The van der Waals surface area contributed by atoms with E-state index in [1.807, 2.05) is 6.08 Å². The molecule has 0 spiro atoms. The number of rotatable bonds is 12. The first-order valence-electron chi connectivity index (χ1n) is 7.92. The van der Waals surface area contributed by atoms with Crippen LogP contribution in [0.1, 0.15) is 64.7 Å². The molecule has 22 heavy (non-hydrogen) atoms. The molecule has 0 rings (SSSR count). The predicted octanol–water partition coefficient (Wildman–Crippen LogP) is 4.93. The van der Waals surface area contributed by atoms with Gasteiger partial charge in [-0.05, 0) is 18.9 Å². The van der Waals surface area contributed by atoms with Gasteiger partial charge in [-0.1, -0.05) is 64.0 Å². The quantitative estimate of drug-likeness (QED) is 0.177. The molecule has 4 N–H and O–H groups in total. The number of carboxylic acids is 1. The monoisotopic (exact) mass is 312 g/mol. The van der Waals surface area contributed by atoms with Crippen LogP contribution >= 0.6 is 0 Å². The van der Waals surface area contributed by atoms with Crippen LogP contribution in [0.15, 0.2) is 35.5 Å². The van der Waals surface area contributed by atoms with Gasteiger partial charge in [0.2, 0.25) is 11.5 Å². The molecule has 0 aromatic heterocycles. The molecule has 0 fully saturated rings. The lowest BCUT2D eigenvalue weighted by atomic mass is 10.1. The fourth-order valence-electron chi connectivity index (χ4n) is 1.95. The molecule has 0 heterocycles. The Morgan fingerprint density at radius 1 is 0.818 bits per heavy atom. The smallest absolute Gasteiger partial charge is 0.375 e. The fraction of sp³-hybridized carbons (Fsp3) is 0.588. The molecule has 0 aliphatic carbocycles. The van der Waals surface area contributed by atoms with Crippen LogP contribution in [0, 0.1) is 0 Å². The van der Waals surface area contributed by atoms with Crippen molar-refractivity contribution in [1.29, 1.82) is 0 Å². The highest BCUT2D eigenvalue weighted by molar-refractivity contribution is 5.84. The van der Waals surface area contributed by atoms with E-state index in [1.165, 1.54) is 44.6 Å². The van der Waals surface area contributed by atoms with Crippen LogP contribution < -0.4 is 0 Å². The van der Waals surface area contributed by atoms with E-state index in [1.54, 1.807) is 0 Å². The number of hydrogen-bond acceptors (Lipinski definition) is 4. The summed E-state index contributed by atoms with van der Waals surface area (Å²) >= 11 is 0. The van der Waals surface area contributed by atoms with E-state index in [0.29, 0.717) is 0 Å². The van der Waals surface area contributed by atoms with Crippen LogP contribution in [0.25, 0.3) is 0 Å². The molecule has 0 saturated carbocycles. The van der Waals surface area contributed by atoms with Crippen molar-refractivity contribution >= 4 is 5.97 Å². The maximum atomic E-state index is 10.4. The second-order valence-electron chi connectivity index (χ2n) is 5.25. The van der Waals surface area contributed by atoms with Gasteiger partial charge in [0, 0.05) is 0 Å². The maximum absolute atomic E-state index is 10.4. The Hall–Kier alpha value is -1.91. The molecule has 0 saturated heterocycles. The van der Waals surface area contributed by atoms with E-state index < -0.39 is 23.2 Å². The maximum Gasteiger partial charge on any atom is 0.375 e. The van der Waals surface area contributed by atoms with Gasteiger partial charge in [0.05, 0.1) is 0 Å². The van der Waals surface area contributed by atoms with Gasteiger partial charge >= 0.3 is 5.97 Å². The van der Waals surface area contributed by atoms with E-state index in [9.17, 15) is 15.0 Å². The third-order valence-electron chi connectivity index (χ3n) is 3.28. The van der Waals surface area contributed by atoms with Gasteiger partial charge < -0.3 is 20.4 Å². The van der Waals surface area contributed by atoms with Gasteiger partial charge in [-0.2, -0.15) is 0 Å². The lowest BCUT2D eigenvalue weighted by Crippen LogP contribution is -2.05. The lowest BCUT2D eigenvalue weighted by molar-refractivity contribution is -0.135. The number of carboxylic acid groups (broad SMARTS) is 1. The molecule has 5 heteroatoms. The molecule has 0 atom stereocenters. The lowest BCUT2D eigenvalue weighted by Gasteiger charge is -2.00.